The van der Waals surface area contributed by atoms with E-state index in [4.69, 9.17) is 32.7 Å². The molecule has 0 radical (unpaired) electrons. The Labute approximate surface area is 458 Å². The maximum atomic E-state index is 14.7. The summed E-state index contributed by atoms with van der Waals surface area (Å²) in [6.45, 7) is 30.0. The SMILES string of the molecule is C.C.C[C@H]1CN(C(=O)OC(C)(C)C)CCN1.Cc1ccnc(C(C)C)c1-n1c(=O)[nH]c(=O)c2cc(F)c(Cl)nc21.Cc1ccnc(C(C)C)c1-n1c(=O)nc(N2CCN(C(=O)OC(C)(C)C)C[C@@H]2C)c2cc(F)c(Cl)nc21. The Morgan fingerprint density at radius 3 is 1.64 bits per heavy atom. The molecule has 2 aliphatic heterocycles. The third kappa shape index (κ3) is 14.7. The number of anilines is 1. The number of nitrogens with one attached hydrogen (secondary N) is 2. The lowest BCUT2D eigenvalue weighted by atomic mass is 10.0. The van der Waals surface area contributed by atoms with Crippen LogP contribution in [0.4, 0.5) is 24.2 Å². The van der Waals surface area contributed by atoms with E-state index in [1.165, 1.54) is 15.2 Å². The highest BCUT2D eigenvalue weighted by atomic mass is 35.5. The van der Waals surface area contributed by atoms with E-state index in [-0.39, 0.29) is 60.7 Å². The van der Waals surface area contributed by atoms with Gasteiger partial charge in [-0.3, -0.25) is 19.7 Å². The predicted octanol–water partition coefficient (Wildman–Crippen LogP) is 10.0. The van der Waals surface area contributed by atoms with Crippen LogP contribution >= 0.6 is 23.2 Å². The van der Waals surface area contributed by atoms with Crippen molar-refractivity contribution in [2.24, 2.45) is 0 Å². The molecule has 8 rings (SSSR count). The molecule has 19 nitrogen and oxygen atoms in total. The number of aromatic nitrogens is 8. The first-order valence-corrected chi connectivity index (χ1v) is 25.4. The fourth-order valence-corrected chi connectivity index (χ4v) is 8.85. The maximum absolute atomic E-state index is 14.7. The molecule has 2 fully saturated rings. The molecule has 0 aliphatic carbocycles. The number of aryl methyl sites for hydroxylation is 2. The van der Waals surface area contributed by atoms with Gasteiger partial charge in [0.05, 0.1) is 33.5 Å². The molecule has 0 bridgehead atoms. The van der Waals surface area contributed by atoms with E-state index in [0.717, 1.165) is 36.8 Å². The van der Waals surface area contributed by atoms with E-state index in [0.29, 0.717) is 59.6 Å². The van der Waals surface area contributed by atoms with Crippen LogP contribution in [0, 0.1) is 25.5 Å². The van der Waals surface area contributed by atoms with Gasteiger partial charge in [0.1, 0.15) is 17.0 Å². The number of ether oxygens (including phenoxy) is 2. The number of carbonyl (C=O) groups is 2. The normalized spacial score (nSPS) is 15.8. The van der Waals surface area contributed by atoms with Crippen molar-refractivity contribution in [3.8, 4) is 11.4 Å². The number of carbonyl (C=O) groups excluding carboxylic acids is 2. The minimum absolute atomic E-state index is 0. The van der Waals surface area contributed by atoms with Crippen molar-refractivity contribution in [1.29, 1.82) is 0 Å². The van der Waals surface area contributed by atoms with E-state index in [1.54, 1.807) is 34.3 Å². The molecule has 6 aromatic heterocycles. The largest absolute Gasteiger partial charge is 0.444 e. The van der Waals surface area contributed by atoms with Crippen molar-refractivity contribution in [3.63, 3.8) is 0 Å². The number of hydrogen-bond acceptors (Lipinski definition) is 14. The number of fused-ring (bicyclic) bond motifs is 2. The molecule has 2 amide bonds. The highest BCUT2D eigenvalue weighted by Crippen LogP contribution is 2.33. The Morgan fingerprint density at radius 2 is 1.17 bits per heavy atom. The molecule has 8 heterocycles. The summed E-state index contributed by atoms with van der Waals surface area (Å²) in [6.07, 6.45) is 2.73. The second kappa shape index (κ2) is 25.3. The molecule has 23 heteroatoms. The molecule has 2 atom stereocenters. The number of aromatic amines is 1. The Bertz CT molecular complexity index is 3300. The number of amides is 2. The highest BCUT2D eigenvalue weighted by molar-refractivity contribution is 6.30. The Morgan fingerprint density at radius 1 is 0.701 bits per heavy atom. The van der Waals surface area contributed by atoms with Gasteiger partial charge in [-0.15, -0.1) is 0 Å². The third-order valence-electron chi connectivity index (χ3n) is 12.0. The van der Waals surface area contributed by atoms with Gasteiger partial charge >= 0.3 is 23.6 Å². The quantitative estimate of drug-likeness (QED) is 0.154. The van der Waals surface area contributed by atoms with Gasteiger partial charge in [-0.25, -0.2) is 47.1 Å². The topological polar surface area (TPSA) is 216 Å². The lowest BCUT2D eigenvalue weighted by Crippen LogP contribution is -2.55. The van der Waals surface area contributed by atoms with Crippen LogP contribution in [0.1, 0.15) is 132 Å². The number of H-pyrrole nitrogens is 1. The lowest BCUT2D eigenvalue weighted by molar-refractivity contribution is 0.0197. The van der Waals surface area contributed by atoms with Crippen molar-refractivity contribution in [1.82, 2.24) is 54.2 Å². The summed E-state index contributed by atoms with van der Waals surface area (Å²) in [4.78, 5) is 91.3. The van der Waals surface area contributed by atoms with Crippen LogP contribution in [0.3, 0.4) is 0 Å². The molecule has 6 aromatic rings. The molecule has 2 saturated heterocycles. The van der Waals surface area contributed by atoms with E-state index in [9.17, 15) is 32.8 Å². The predicted molar refractivity (Wildman–Crippen MR) is 300 cm³/mol. The Hall–Kier alpha value is -6.58. The second-order valence-corrected chi connectivity index (χ2v) is 21.9. The maximum Gasteiger partial charge on any atom is 0.410 e. The zero-order valence-corrected chi connectivity index (χ0v) is 46.4. The van der Waals surface area contributed by atoms with E-state index >= 15 is 0 Å². The van der Waals surface area contributed by atoms with Crippen molar-refractivity contribution in [3.05, 3.63) is 112 Å². The summed E-state index contributed by atoms with van der Waals surface area (Å²) >= 11 is 11.9. The van der Waals surface area contributed by atoms with Gasteiger partial charge in [-0.1, -0.05) is 65.8 Å². The minimum atomic E-state index is -0.827. The molecular weight excluding hydrogens is 1040 g/mol. The summed E-state index contributed by atoms with van der Waals surface area (Å²) in [5.41, 5.74) is 1.21. The van der Waals surface area contributed by atoms with Crippen molar-refractivity contribution in [2.75, 3.05) is 44.2 Å². The summed E-state index contributed by atoms with van der Waals surface area (Å²) in [6, 6.07) is 5.91. The first-order chi connectivity index (χ1) is 35.0. The average Bonchev–Trinajstić information content (AvgIpc) is 3.30. The fourth-order valence-electron chi connectivity index (χ4n) is 8.58. The van der Waals surface area contributed by atoms with Crippen molar-refractivity contribution < 1.29 is 27.8 Å². The van der Waals surface area contributed by atoms with Crippen molar-refractivity contribution >= 4 is 63.3 Å². The standard InChI is InChI=1S/C26H32ClFN6O3.C16H14ClFN4O2.C10H20N2O2.2CH4/c1-14(2)19-20(15(3)8-9-29-19)34-23-17(12-18(28)21(27)30-23)22(31-24(34)35)33-11-10-32(13-16(33)4)25(36)37-26(5,6)7;1-7(2)11-12(8(3)4-5-19-11)22-14-9(15(23)21-16(22)24)6-10(18)13(17)20-14;1-8-7-12(6-5-11-8)9(13)14-10(2,3)4;;/h8-9,12,14,16H,10-11,13H2,1-7H3;4-7H,1-3H3,(H,21,23,24);8,11H,5-7H2,1-4H3;2*1H4/t16-;;8-;;/m0.0../s1. The number of piperazine rings is 2. The fraction of sp³-hybridized carbons (Fsp3) is 0.519. The summed E-state index contributed by atoms with van der Waals surface area (Å²) in [5, 5.41) is 2.82. The van der Waals surface area contributed by atoms with Crippen LogP contribution in [0.2, 0.25) is 10.3 Å². The van der Waals surface area contributed by atoms with Crippen LogP contribution in [-0.4, -0.2) is 124 Å². The van der Waals surface area contributed by atoms with Gasteiger partial charge in [0.25, 0.3) is 5.56 Å². The molecule has 420 valence electrons. The molecule has 0 aromatic carbocycles. The Balaban J connectivity index is 0.000000274. The first kappa shape index (κ1) is 63.0. The zero-order chi connectivity index (χ0) is 55.6. The van der Waals surface area contributed by atoms with Crippen molar-refractivity contribution in [2.45, 2.75) is 147 Å². The van der Waals surface area contributed by atoms with Gasteiger partial charge < -0.3 is 29.5 Å². The number of pyridine rings is 4. The van der Waals surface area contributed by atoms with E-state index in [1.807, 2.05) is 94.9 Å². The number of rotatable bonds is 5. The van der Waals surface area contributed by atoms with Crippen LogP contribution in [0.25, 0.3) is 33.4 Å². The Kier molecular flexibility index (Phi) is 20.7. The minimum Gasteiger partial charge on any atom is -0.444 e. The van der Waals surface area contributed by atoms with Gasteiger partial charge in [0, 0.05) is 63.7 Å². The summed E-state index contributed by atoms with van der Waals surface area (Å²) in [7, 11) is 0. The van der Waals surface area contributed by atoms with Crippen LogP contribution < -0.4 is 27.2 Å². The van der Waals surface area contributed by atoms with Gasteiger partial charge in [-0.05, 0) is 116 Å². The van der Waals surface area contributed by atoms with Gasteiger partial charge in [0.15, 0.2) is 33.2 Å². The molecule has 0 unspecified atom stereocenters. The molecule has 77 heavy (non-hydrogen) atoms. The van der Waals surface area contributed by atoms with Gasteiger partial charge in [0.2, 0.25) is 0 Å². The third-order valence-corrected chi connectivity index (χ3v) is 12.5. The van der Waals surface area contributed by atoms with Crippen LogP contribution in [-0.2, 0) is 9.47 Å². The molecule has 2 aliphatic rings. The molecule has 0 saturated carbocycles. The molecule has 2 N–H and O–H groups in total. The second-order valence-electron chi connectivity index (χ2n) is 21.2. The molecule has 0 spiro atoms. The monoisotopic (exact) mass is 1110 g/mol. The summed E-state index contributed by atoms with van der Waals surface area (Å²) in [5.74, 6) is -1.22. The van der Waals surface area contributed by atoms with E-state index < -0.39 is 51.0 Å². The zero-order valence-electron chi connectivity index (χ0n) is 44.9. The number of hydrogen-bond donors (Lipinski definition) is 2. The molecular formula is C54H74Cl2F2N12O7. The summed E-state index contributed by atoms with van der Waals surface area (Å²) < 4.78 is 41.8. The van der Waals surface area contributed by atoms with Crippen LogP contribution in [0.15, 0.2) is 51.0 Å². The smallest absolute Gasteiger partial charge is 0.410 e. The lowest BCUT2D eigenvalue weighted by Gasteiger charge is -2.41. The highest BCUT2D eigenvalue weighted by Gasteiger charge is 2.33. The van der Waals surface area contributed by atoms with Crippen LogP contribution in [0.5, 0.6) is 0 Å². The average molecular weight is 1110 g/mol. The number of halogens is 4. The number of nitrogens with zero attached hydrogens (tertiary/aromatic N) is 10. The van der Waals surface area contributed by atoms with E-state index in [2.05, 4.69) is 42.1 Å². The van der Waals surface area contributed by atoms with Gasteiger partial charge in [-0.2, -0.15) is 4.98 Å². The first-order valence-electron chi connectivity index (χ1n) is 24.6.